The van der Waals surface area contributed by atoms with Gasteiger partial charge in [0.25, 0.3) is 0 Å². The van der Waals surface area contributed by atoms with Gasteiger partial charge >= 0.3 is 0 Å². The molecular formula is C11H13Cl2N3O. The molecule has 0 spiro atoms. The molecular weight excluding hydrogens is 261 g/mol. The number of halogens is 2. The van der Waals surface area contributed by atoms with E-state index in [-0.39, 0.29) is 6.04 Å². The van der Waals surface area contributed by atoms with Gasteiger partial charge in [-0.1, -0.05) is 11.6 Å². The lowest BCUT2D eigenvalue weighted by Gasteiger charge is -2.08. The van der Waals surface area contributed by atoms with E-state index in [0.29, 0.717) is 22.6 Å². The molecule has 0 fully saturated rings. The first-order valence-corrected chi connectivity index (χ1v) is 5.93. The highest BCUT2D eigenvalue weighted by atomic mass is 35.5. The van der Waals surface area contributed by atoms with E-state index in [0.717, 1.165) is 11.3 Å². The molecule has 6 heteroatoms. The first-order valence-electron chi connectivity index (χ1n) is 5.18. The van der Waals surface area contributed by atoms with E-state index in [4.69, 9.17) is 33.4 Å². The van der Waals surface area contributed by atoms with Gasteiger partial charge < -0.3 is 10.2 Å². The number of nitrogens with zero attached hydrogens (tertiary/aromatic N) is 2. The molecule has 92 valence electrons. The second kappa shape index (κ2) is 4.72. The van der Waals surface area contributed by atoms with Crippen LogP contribution in [-0.4, -0.2) is 9.78 Å². The molecule has 2 rings (SSSR count). The standard InChI is InChI=1S/C11H13Cl2N3O/c1-6-7(11(13)16(2)15-6)5-8(14)9-3-4-10(12)17-9/h3-4,8H,5,14H2,1-2H3. The van der Waals surface area contributed by atoms with Gasteiger partial charge in [0.2, 0.25) is 0 Å². The Kier molecular flexibility index (Phi) is 3.47. The van der Waals surface area contributed by atoms with Crippen molar-refractivity contribution in [1.82, 2.24) is 9.78 Å². The summed E-state index contributed by atoms with van der Waals surface area (Å²) in [6, 6.07) is 3.17. The Bertz CT molecular complexity index is 533. The van der Waals surface area contributed by atoms with Crippen molar-refractivity contribution >= 4 is 23.2 Å². The van der Waals surface area contributed by atoms with Crippen molar-refractivity contribution in [2.24, 2.45) is 12.8 Å². The fourth-order valence-electron chi connectivity index (χ4n) is 1.75. The normalized spacial score (nSPS) is 13.0. The number of aryl methyl sites for hydroxylation is 2. The van der Waals surface area contributed by atoms with Gasteiger partial charge in [-0.25, -0.2) is 0 Å². The Balaban J connectivity index is 2.21. The van der Waals surface area contributed by atoms with E-state index < -0.39 is 0 Å². The fourth-order valence-corrected chi connectivity index (χ4v) is 2.16. The molecule has 2 aromatic heterocycles. The number of hydrogen-bond acceptors (Lipinski definition) is 3. The molecule has 17 heavy (non-hydrogen) atoms. The Morgan fingerprint density at radius 1 is 1.47 bits per heavy atom. The maximum Gasteiger partial charge on any atom is 0.193 e. The third-order valence-electron chi connectivity index (χ3n) is 2.65. The summed E-state index contributed by atoms with van der Waals surface area (Å²) < 4.78 is 6.91. The lowest BCUT2D eigenvalue weighted by atomic mass is 10.1. The zero-order chi connectivity index (χ0) is 12.6. The molecule has 0 aliphatic heterocycles. The predicted molar refractivity (Wildman–Crippen MR) is 67.3 cm³/mol. The third kappa shape index (κ3) is 2.49. The van der Waals surface area contributed by atoms with Crippen molar-refractivity contribution in [3.8, 4) is 0 Å². The van der Waals surface area contributed by atoms with Gasteiger partial charge in [-0.3, -0.25) is 4.68 Å². The highest BCUT2D eigenvalue weighted by Crippen LogP contribution is 2.26. The maximum atomic E-state index is 6.14. The van der Waals surface area contributed by atoms with Crippen molar-refractivity contribution in [2.75, 3.05) is 0 Å². The van der Waals surface area contributed by atoms with E-state index in [2.05, 4.69) is 5.10 Å². The van der Waals surface area contributed by atoms with Crippen LogP contribution in [0.15, 0.2) is 16.5 Å². The monoisotopic (exact) mass is 273 g/mol. The van der Waals surface area contributed by atoms with Crippen LogP contribution in [-0.2, 0) is 13.5 Å². The summed E-state index contributed by atoms with van der Waals surface area (Å²) in [5.41, 5.74) is 7.86. The summed E-state index contributed by atoms with van der Waals surface area (Å²) in [5, 5.41) is 5.18. The molecule has 0 aliphatic rings. The van der Waals surface area contributed by atoms with Crippen molar-refractivity contribution in [3.05, 3.63) is 39.5 Å². The Hall–Kier alpha value is -0.970. The summed E-state index contributed by atoms with van der Waals surface area (Å²) in [5.74, 6) is 0.648. The molecule has 2 heterocycles. The minimum absolute atomic E-state index is 0.275. The second-order valence-corrected chi connectivity index (χ2v) is 4.66. The molecule has 0 aliphatic carbocycles. The van der Waals surface area contributed by atoms with E-state index in [1.807, 2.05) is 6.92 Å². The van der Waals surface area contributed by atoms with Crippen molar-refractivity contribution in [1.29, 1.82) is 0 Å². The van der Waals surface area contributed by atoms with Crippen molar-refractivity contribution < 1.29 is 4.42 Å². The quantitative estimate of drug-likeness (QED) is 0.936. The number of hydrogen-bond donors (Lipinski definition) is 1. The summed E-state index contributed by atoms with van der Waals surface area (Å²) in [6.45, 7) is 1.91. The first kappa shape index (κ1) is 12.5. The van der Waals surface area contributed by atoms with Gasteiger partial charge in [0, 0.05) is 12.6 Å². The molecule has 2 aromatic rings. The van der Waals surface area contributed by atoms with Crippen LogP contribution >= 0.6 is 23.2 Å². The third-order valence-corrected chi connectivity index (χ3v) is 3.33. The van der Waals surface area contributed by atoms with Gasteiger partial charge in [0.15, 0.2) is 5.22 Å². The number of nitrogens with two attached hydrogens (primary N) is 1. The minimum atomic E-state index is -0.275. The molecule has 1 unspecified atom stereocenters. The predicted octanol–water partition coefficient (Wildman–Crippen LogP) is 2.87. The van der Waals surface area contributed by atoms with Gasteiger partial charge in [-0.05, 0) is 37.1 Å². The molecule has 0 bridgehead atoms. The SMILES string of the molecule is Cc1nn(C)c(Cl)c1CC(N)c1ccc(Cl)o1. The maximum absolute atomic E-state index is 6.14. The molecule has 4 nitrogen and oxygen atoms in total. The van der Waals surface area contributed by atoms with Crippen LogP contribution in [0.4, 0.5) is 0 Å². The van der Waals surface area contributed by atoms with Crippen LogP contribution < -0.4 is 5.73 Å². The van der Waals surface area contributed by atoms with Crippen molar-refractivity contribution in [3.63, 3.8) is 0 Å². The number of rotatable bonds is 3. The van der Waals surface area contributed by atoms with Gasteiger partial charge in [0.05, 0.1) is 11.7 Å². The van der Waals surface area contributed by atoms with Crippen molar-refractivity contribution in [2.45, 2.75) is 19.4 Å². The minimum Gasteiger partial charge on any atom is -0.448 e. The topological polar surface area (TPSA) is 57.0 Å². The molecule has 0 saturated carbocycles. The molecule has 1 atom stereocenters. The van der Waals surface area contributed by atoms with Crippen LogP contribution in [0.3, 0.4) is 0 Å². The molecule has 0 saturated heterocycles. The Morgan fingerprint density at radius 3 is 2.65 bits per heavy atom. The van der Waals surface area contributed by atoms with E-state index in [1.165, 1.54) is 0 Å². The van der Waals surface area contributed by atoms with Gasteiger partial charge in [-0.15, -0.1) is 0 Å². The van der Waals surface area contributed by atoms with Crippen LogP contribution in [0, 0.1) is 6.92 Å². The van der Waals surface area contributed by atoms with Crippen LogP contribution in [0.2, 0.25) is 10.4 Å². The lowest BCUT2D eigenvalue weighted by molar-refractivity contribution is 0.466. The van der Waals surface area contributed by atoms with Crippen LogP contribution in [0.1, 0.15) is 23.1 Å². The lowest BCUT2D eigenvalue weighted by Crippen LogP contribution is -2.13. The average molecular weight is 274 g/mol. The highest BCUT2D eigenvalue weighted by Gasteiger charge is 2.17. The Labute approximate surface area is 109 Å². The molecule has 2 N–H and O–H groups in total. The molecule has 0 radical (unpaired) electrons. The second-order valence-electron chi connectivity index (χ2n) is 3.93. The summed E-state index contributed by atoms with van der Waals surface area (Å²) in [6.07, 6.45) is 0.572. The zero-order valence-corrected chi connectivity index (χ0v) is 11.1. The molecule has 0 aromatic carbocycles. The largest absolute Gasteiger partial charge is 0.448 e. The zero-order valence-electron chi connectivity index (χ0n) is 9.58. The highest BCUT2D eigenvalue weighted by molar-refractivity contribution is 6.30. The van der Waals surface area contributed by atoms with E-state index in [9.17, 15) is 0 Å². The fraction of sp³-hybridized carbons (Fsp3) is 0.364. The molecule has 0 amide bonds. The van der Waals surface area contributed by atoms with E-state index in [1.54, 1.807) is 23.9 Å². The van der Waals surface area contributed by atoms with E-state index >= 15 is 0 Å². The number of aromatic nitrogens is 2. The smallest absolute Gasteiger partial charge is 0.193 e. The average Bonchev–Trinajstić information content (AvgIpc) is 2.79. The number of furan rings is 1. The summed E-state index contributed by atoms with van der Waals surface area (Å²) in [4.78, 5) is 0. The van der Waals surface area contributed by atoms with Crippen LogP contribution in [0.25, 0.3) is 0 Å². The first-order chi connectivity index (χ1) is 7.99. The van der Waals surface area contributed by atoms with Gasteiger partial charge in [-0.2, -0.15) is 5.10 Å². The van der Waals surface area contributed by atoms with Gasteiger partial charge in [0.1, 0.15) is 10.9 Å². The summed E-state index contributed by atoms with van der Waals surface area (Å²) >= 11 is 11.8. The Morgan fingerprint density at radius 2 is 2.18 bits per heavy atom. The van der Waals surface area contributed by atoms with Crippen LogP contribution in [0.5, 0.6) is 0 Å². The summed E-state index contributed by atoms with van der Waals surface area (Å²) in [7, 11) is 1.80.